The normalized spacial score (nSPS) is 10.8. The molecule has 0 saturated carbocycles. The Balaban J connectivity index is 1.81. The minimum atomic E-state index is -0.297. The van der Waals surface area contributed by atoms with Gasteiger partial charge in [-0.3, -0.25) is 9.59 Å². The first-order valence-electron chi connectivity index (χ1n) is 7.04. The molecule has 0 fully saturated rings. The van der Waals surface area contributed by atoms with Gasteiger partial charge in [0.15, 0.2) is 5.82 Å². The van der Waals surface area contributed by atoms with E-state index in [0.717, 1.165) is 0 Å². The Morgan fingerprint density at radius 2 is 2.09 bits per heavy atom. The molecular formula is C14H15N7O2. The molecule has 3 N–H and O–H groups in total. The molecule has 23 heavy (non-hydrogen) atoms. The number of rotatable bonds is 4. The van der Waals surface area contributed by atoms with E-state index in [-0.39, 0.29) is 24.3 Å². The maximum absolute atomic E-state index is 12.5. The minimum absolute atomic E-state index is 0.0699. The predicted octanol–water partition coefficient (Wildman–Crippen LogP) is 0.899. The molecular weight excluding hydrogens is 298 g/mol. The van der Waals surface area contributed by atoms with Crippen molar-refractivity contribution in [2.75, 3.05) is 11.1 Å². The highest BCUT2D eigenvalue weighted by Gasteiger charge is 2.16. The van der Waals surface area contributed by atoms with Crippen LogP contribution in [-0.4, -0.2) is 36.4 Å². The summed E-state index contributed by atoms with van der Waals surface area (Å²) in [5.74, 6) is -0.0494. The summed E-state index contributed by atoms with van der Waals surface area (Å²) in [6.07, 6.45) is 1.82. The highest BCUT2D eigenvalue weighted by molar-refractivity contribution is 5.93. The number of benzene rings is 1. The second-order valence-corrected chi connectivity index (χ2v) is 4.89. The number of fused-ring (bicyclic) bond motifs is 1. The topological polar surface area (TPSA) is 121 Å². The van der Waals surface area contributed by atoms with Crippen LogP contribution in [0.4, 0.5) is 11.8 Å². The number of imidazole rings is 1. The number of nitrogens with zero attached hydrogens (tertiary/aromatic N) is 5. The van der Waals surface area contributed by atoms with Crippen molar-refractivity contribution in [2.45, 2.75) is 19.9 Å². The summed E-state index contributed by atoms with van der Waals surface area (Å²) < 4.78 is 2.67. The molecule has 0 radical (unpaired) electrons. The number of carbonyl (C=O) groups excluding carboxylic acids is 2. The van der Waals surface area contributed by atoms with Gasteiger partial charge in [-0.1, -0.05) is 24.3 Å². The van der Waals surface area contributed by atoms with Gasteiger partial charge in [0.25, 0.3) is 5.91 Å². The zero-order valence-electron chi connectivity index (χ0n) is 12.4. The Morgan fingerprint density at radius 3 is 2.87 bits per heavy atom. The lowest BCUT2D eigenvalue weighted by atomic mass is 10.3. The van der Waals surface area contributed by atoms with Gasteiger partial charge in [0, 0.05) is 6.42 Å². The molecule has 0 saturated heterocycles. The van der Waals surface area contributed by atoms with Gasteiger partial charge < -0.3 is 11.1 Å². The molecule has 0 bridgehead atoms. The Bertz CT molecular complexity index is 880. The van der Waals surface area contributed by atoms with Crippen molar-refractivity contribution in [3.05, 3.63) is 30.5 Å². The van der Waals surface area contributed by atoms with E-state index in [4.69, 9.17) is 5.73 Å². The predicted molar refractivity (Wildman–Crippen MR) is 83.7 cm³/mol. The van der Waals surface area contributed by atoms with Crippen LogP contribution in [0.3, 0.4) is 0 Å². The van der Waals surface area contributed by atoms with Crippen molar-refractivity contribution in [1.82, 2.24) is 24.5 Å². The standard InChI is InChI=1S/C14H15N7O2/c1-2-12(22)17-11-7-20(19-18-11)8-13(23)21-10-6-4-3-5-9(10)16-14(21)15/h3-7H,2,8H2,1H3,(H2,15,16)(H,17,22). The molecule has 2 heterocycles. The average Bonchev–Trinajstić information content (AvgIpc) is 3.09. The van der Waals surface area contributed by atoms with Crippen molar-refractivity contribution < 1.29 is 9.59 Å². The largest absolute Gasteiger partial charge is 0.369 e. The first-order valence-corrected chi connectivity index (χ1v) is 7.04. The maximum Gasteiger partial charge on any atom is 0.255 e. The van der Waals surface area contributed by atoms with Crippen molar-refractivity contribution in [3.8, 4) is 0 Å². The molecule has 0 atom stereocenters. The Labute approximate surface area is 131 Å². The summed E-state index contributed by atoms with van der Waals surface area (Å²) in [5, 5.41) is 10.2. The number of para-hydroxylation sites is 2. The van der Waals surface area contributed by atoms with Gasteiger partial charge in [0.2, 0.25) is 11.9 Å². The van der Waals surface area contributed by atoms with Crippen LogP contribution in [0, 0.1) is 0 Å². The fraction of sp³-hybridized carbons (Fsp3) is 0.214. The molecule has 0 unspecified atom stereocenters. The number of nitrogen functional groups attached to an aromatic ring is 1. The van der Waals surface area contributed by atoms with E-state index in [9.17, 15) is 9.59 Å². The number of nitrogens with one attached hydrogen (secondary N) is 1. The summed E-state index contributed by atoms with van der Waals surface area (Å²) in [7, 11) is 0. The summed E-state index contributed by atoms with van der Waals surface area (Å²) in [6, 6.07) is 7.18. The highest BCUT2D eigenvalue weighted by Crippen LogP contribution is 2.17. The number of nitrogens with two attached hydrogens (primary N) is 1. The fourth-order valence-corrected chi connectivity index (χ4v) is 2.18. The fourth-order valence-electron chi connectivity index (χ4n) is 2.18. The van der Waals surface area contributed by atoms with E-state index in [2.05, 4.69) is 20.6 Å². The molecule has 3 rings (SSSR count). The van der Waals surface area contributed by atoms with Crippen LogP contribution in [0.5, 0.6) is 0 Å². The van der Waals surface area contributed by atoms with Crippen LogP contribution in [0.25, 0.3) is 11.0 Å². The third kappa shape index (κ3) is 2.89. The lowest BCUT2D eigenvalue weighted by Crippen LogP contribution is -2.20. The smallest absolute Gasteiger partial charge is 0.255 e. The van der Waals surface area contributed by atoms with E-state index in [1.54, 1.807) is 25.1 Å². The summed E-state index contributed by atoms with van der Waals surface area (Å²) in [4.78, 5) is 27.9. The van der Waals surface area contributed by atoms with Crippen LogP contribution in [0.2, 0.25) is 0 Å². The molecule has 1 aromatic carbocycles. The summed E-state index contributed by atoms with van der Waals surface area (Å²) in [6.45, 7) is 1.66. The second kappa shape index (κ2) is 5.87. The molecule has 0 spiro atoms. The maximum atomic E-state index is 12.5. The molecule has 9 heteroatoms. The van der Waals surface area contributed by atoms with Gasteiger partial charge in [-0.15, -0.1) is 5.10 Å². The zero-order valence-corrected chi connectivity index (χ0v) is 12.4. The SMILES string of the molecule is CCC(=O)Nc1cn(CC(=O)n2c(N)nc3ccccc32)nn1. The van der Waals surface area contributed by atoms with E-state index < -0.39 is 0 Å². The number of anilines is 2. The van der Waals surface area contributed by atoms with Crippen LogP contribution >= 0.6 is 0 Å². The second-order valence-electron chi connectivity index (χ2n) is 4.89. The van der Waals surface area contributed by atoms with Gasteiger partial charge in [-0.05, 0) is 12.1 Å². The van der Waals surface area contributed by atoms with Gasteiger partial charge in [0.1, 0.15) is 6.54 Å². The molecule has 2 aromatic heterocycles. The molecule has 0 aliphatic carbocycles. The quantitative estimate of drug-likeness (QED) is 0.738. The molecule has 3 aromatic rings. The number of amides is 1. The molecule has 118 valence electrons. The number of hydrogen-bond donors (Lipinski definition) is 2. The van der Waals surface area contributed by atoms with Gasteiger partial charge in [0.05, 0.1) is 17.2 Å². The van der Waals surface area contributed by atoms with Gasteiger partial charge in [-0.25, -0.2) is 14.2 Å². The van der Waals surface area contributed by atoms with Crippen molar-refractivity contribution in [2.24, 2.45) is 0 Å². The number of hydrogen-bond acceptors (Lipinski definition) is 6. The molecule has 0 aliphatic rings. The first kappa shape index (κ1) is 14.7. The van der Waals surface area contributed by atoms with Crippen molar-refractivity contribution in [3.63, 3.8) is 0 Å². The van der Waals surface area contributed by atoms with Gasteiger partial charge >= 0.3 is 0 Å². The molecule has 1 amide bonds. The lowest BCUT2D eigenvalue weighted by molar-refractivity contribution is -0.115. The first-order chi connectivity index (χ1) is 11.1. The van der Waals surface area contributed by atoms with Crippen LogP contribution in [0.1, 0.15) is 18.1 Å². The zero-order chi connectivity index (χ0) is 16.4. The van der Waals surface area contributed by atoms with Crippen LogP contribution in [-0.2, 0) is 11.3 Å². The Kier molecular flexibility index (Phi) is 3.75. The van der Waals surface area contributed by atoms with Crippen molar-refractivity contribution >= 4 is 34.6 Å². The third-order valence-corrected chi connectivity index (χ3v) is 3.26. The van der Waals surface area contributed by atoms with Crippen LogP contribution < -0.4 is 11.1 Å². The third-order valence-electron chi connectivity index (χ3n) is 3.26. The highest BCUT2D eigenvalue weighted by atomic mass is 16.2. The van der Waals surface area contributed by atoms with Gasteiger partial charge in [-0.2, -0.15) is 0 Å². The number of carbonyl (C=O) groups is 2. The molecule has 9 nitrogen and oxygen atoms in total. The minimum Gasteiger partial charge on any atom is -0.369 e. The van der Waals surface area contributed by atoms with E-state index >= 15 is 0 Å². The summed E-state index contributed by atoms with van der Waals surface area (Å²) >= 11 is 0. The summed E-state index contributed by atoms with van der Waals surface area (Å²) in [5.41, 5.74) is 7.11. The Hall–Kier alpha value is -3.23. The lowest BCUT2D eigenvalue weighted by Gasteiger charge is -2.04. The van der Waals surface area contributed by atoms with E-state index in [1.807, 2.05) is 6.07 Å². The monoisotopic (exact) mass is 313 g/mol. The van der Waals surface area contributed by atoms with Crippen molar-refractivity contribution in [1.29, 1.82) is 0 Å². The van der Waals surface area contributed by atoms with E-state index in [0.29, 0.717) is 23.3 Å². The van der Waals surface area contributed by atoms with E-state index in [1.165, 1.54) is 15.4 Å². The Morgan fingerprint density at radius 1 is 1.30 bits per heavy atom. The average molecular weight is 313 g/mol. The van der Waals surface area contributed by atoms with Crippen LogP contribution in [0.15, 0.2) is 30.5 Å². The molecule has 0 aliphatic heterocycles. The number of aromatic nitrogens is 5.